The van der Waals surface area contributed by atoms with Crippen LogP contribution >= 0.6 is 0 Å². The van der Waals surface area contributed by atoms with Crippen molar-refractivity contribution in [3.05, 3.63) is 24.8 Å². The third-order valence-corrected chi connectivity index (χ3v) is 1.56. The molecule has 0 saturated heterocycles. The standard InChI is InChI=1S/C8H12O4.C5H8O2/c1-2-3-6-12-8(11)5-4-7(9)10;1-3-5(6)7-4-2/h4-5H,2-3,6H2,1H3,(H,9,10);3H,1,4H2,2H3/b5-4-;. The van der Waals surface area contributed by atoms with Gasteiger partial charge in [-0.05, 0) is 13.3 Å². The van der Waals surface area contributed by atoms with E-state index in [9.17, 15) is 14.4 Å². The Kier molecular flexibility index (Phi) is 14.1. The van der Waals surface area contributed by atoms with E-state index in [-0.39, 0.29) is 5.97 Å². The molecule has 0 aromatic carbocycles. The van der Waals surface area contributed by atoms with Crippen molar-refractivity contribution in [2.45, 2.75) is 26.7 Å². The van der Waals surface area contributed by atoms with Crippen LogP contribution in [0.3, 0.4) is 0 Å². The van der Waals surface area contributed by atoms with Crippen LogP contribution in [-0.4, -0.2) is 36.2 Å². The second kappa shape index (κ2) is 14.0. The van der Waals surface area contributed by atoms with E-state index in [0.717, 1.165) is 31.1 Å². The van der Waals surface area contributed by atoms with Crippen LogP contribution in [0.4, 0.5) is 0 Å². The SMILES string of the molecule is C=CC(=O)OCC.CCCCOC(=O)/C=C\C(=O)O. The van der Waals surface area contributed by atoms with Gasteiger partial charge in [0.25, 0.3) is 0 Å². The lowest BCUT2D eigenvalue weighted by atomic mass is 10.4. The van der Waals surface area contributed by atoms with Crippen LogP contribution in [0.2, 0.25) is 0 Å². The first-order chi connectivity index (χ1) is 8.97. The summed E-state index contributed by atoms with van der Waals surface area (Å²) in [6, 6.07) is 0. The number of hydrogen-bond acceptors (Lipinski definition) is 5. The van der Waals surface area contributed by atoms with Gasteiger partial charge < -0.3 is 14.6 Å². The van der Waals surface area contributed by atoms with Gasteiger partial charge in [0.05, 0.1) is 13.2 Å². The molecule has 0 fully saturated rings. The van der Waals surface area contributed by atoms with E-state index in [1.54, 1.807) is 6.92 Å². The van der Waals surface area contributed by atoms with Crippen molar-refractivity contribution >= 4 is 17.9 Å². The summed E-state index contributed by atoms with van der Waals surface area (Å²) < 4.78 is 9.08. The highest BCUT2D eigenvalue weighted by atomic mass is 16.5. The monoisotopic (exact) mass is 272 g/mol. The molecule has 0 aromatic rings. The normalized spacial score (nSPS) is 9.16. The fourth-order valence-corrected chi connectivity index (χ4v) is 0.706. The summed E-state index contributed by atoms with van der Waals surface area (Å²) in [5.74, 6) is -2.12. The first-order valence-corrected chi connectivity index (χ1v) is 5.84. The van der Waals surface area contributed by atoms with Crippen LogP contribution in [0.25, 0.3) is 0 Å². The number of carbonyl (C=O) groups excluding carboxylic acids is 2. The van der Waals surface area contributed by atoms with Crippen molar-refractivity contribution in [3.63, 3.8) is 0 Å². The van der Waals surface area contributed by atoms with Gasteiger partial charge >= 0.3 is 17.9 Å². The van der Waals surface area contributed by atoms with Gasteiger partial charge in [-0.1, -0.05) is 19.9 Å². The quantitative estimate of drug-likeness (QED) is 0.431. The van der Waals surface area contributed by atoms with Crippen molar-refractivity contribution in [2.75, 3.05) is 13.2 Å². The molecule has 0 unspecified atom stereocenters. The van der Waals surface area contributed by atoms with Gasteiger partial charge in [-0.15, -0.1) is 0 Å². The zero-order valence-corrected chi connectivity index (χ0v) is 11.3. The van der Waals surface area contributed by atoms with Crippen LogP contribution in [0.15, 0.2) is 24.8 Å². The molecular weight excluding hydrogens is 252 g/mol. The zero-order chi connectivity index (χ0) is 15.1. The van der Waals surface area contributed by atoms with Gasteiger partial charge in [0.2, 0.25) is 0 Å². The zero-order valence-electron chi connectivity index (χ0n) is 11.3. The van der Waals surface area contributed by atoms with Crippen molar-refractivity contribution in [2.24, 2.45) is 0 Å². The Hall–Kier alpha value is -2.11. The molecule has 6 nitrogen and oxygen atoms in total. The maximum atomic E-state index is 10.6. The minimum Gasteiger partial charge on any atom is -0.478 e. The maximum Gasteiger partial charge on any atom is 0.331 e. The minimum atomic E-state index is -1.15. The lowest BCUT2D eigenvalue weighted by Gasteiger charge is -1.97. The van der Waals surface area contributed by atoms with Gasteiger partial charge in [-0.3, -0.25) is 0 Å². The average Bonchev–Trinajstić information content (AvgIpc) is 2.37. The molecule has 1 N–H and O–H groups in total. The Labute approximate surface area is 112 Å². The van der Waals surface area contributed by atoms with Crippen molar-refractivity contribution in [1.82, 2.24) is 0 Å². The second-order valence-electron chi connectivity index (χ2n) is 3.15. The molecule has 19 heavy (non-hydrogen) atoms. The molecule has 0 aliphatic carbocycles. The van der Waals surface area contributed by atoms with Crippen molar-refractivity contribution in [1.29, 1.82) is 0 Å². The number of aliphatic carboxylic acids is 1. The Bertz CT molecular complexity index is 319. The van der Waals surface area contributed by atoms with E-state index >= 15 is 0 Å². The Morgan fingerprint density at radius 2 is 1.74 bits per heavy atom. The first-order valence-electron chi connectivity index (χ1n) is 5.84. The molecule has 6 heteroatoms. The number of hydrogen-bond donors (Lipinski definition) is 1. The van der Waals surface area contributed by atoms with Gasteiger partial charge in [-0.2, -0.15) is 0 Å². The van der Waals surface area contributed by atoms with E-state index in [2.05, 4.69) is 16.1 Å². The molecule has 0 heterocycles. The molecule has 0 rings (SSSR count). The summed E-state index contributed by atoms with van der Waals surface area (Å²) in [5.41, 5.74) is 0. The summed E-state index contributed by atoms with van der Waals surface area (Å²) >= 11 is 0. The van der Waals surface area contributed by atoms with Crippen LogP contribution in [0.5, 0.6) is 0 Å². The predicted molar refractivity (Wildman–Crippen MR) is 69.5 cm³/mol. The molecule has 0 amide bonds. The summed E-state index contributed by atoms with van der Waals surface area (Å²) in [6.45, 7) is 7.70. The number of carboxylic acid groups (broad SMARTS) is 1. The van der Waals surface area contributed by atoms with Crippen molar-refractivity contribution in [3.8, 4) is 0 Å². The highest BCUT2D eigenvalue weighted by Crippen LogP contribution is 1.89. The largest absolute Gasteiger partial charge is 0.478 e. The van der Waals surface area contributed by atoms with Gasteiger partial charge in [0.15, 0.2) is 0 Å². The van der Waals surface area contributed by atoms with E-state index in [1.807, 2.05) is 6.92 Å². The minimum absolute atomic E-state index is 0.347. The van der Waals surface area contributed by atoms with Gasteiger partial charge in [-0.25, -0.2) is 14.4 Å². The molecular formula is C13H20O6. The highest BCUT2D eigenvalue weighted by Gasteiger charge is 1.96. The van der Waals surface area contributed by atoms with E-state index < -0.39 is 11.9 Å². The number of rotatable bonds is 7. The molecule has 108 valence electrons. The Morgan fingerprint density at radius 1 is 1.11 bits per heavy atom. The topological polar surface area (TPSA) is 89.9 Å². The first kappa shape index (κ1) is 19.2. The molecule has 0 saturated carbocycles. The lowest BCUT2D eigenvalue weighted by molar-refractivity contribution is -0.139. The molecule has 0 spiro atoms. The predicted octanol–water partition coefficient (Wildman–Crippen LogP) is 1.71. The molecule has 0 aromatic heterocycles. The highest BCUT2D eigenvalue weighted by molar-refractivity contribution is 5.90. The number of unbranched alkanes of at least 4 members (excludes halogenated alkanes) is 1. The van der Waals surface area contributed by atoms with E-state index in [1.165, 1.54) is 0 Å². The molecule has 0 aliphatic rings. The van der Waals surface area contributed by atoms with Crippen LogP contribution in [-0.2, 0) is 23.9 Å². The van der Waals surface area contributed by atoms with Crippen LogP contribution < -0.4 is 0 Å². The number of carboxylic acids is 1. The molecule has 0 atom stereocenters. The maximum absolute atomic E-state index is 10.6. The fourth-order valence-electron chi connectivity index (χ4n) is 0.706. The number of carbonyl (C=O) groups is 3. The molecule has 0 bridgehead atoms. The summed E-state index contributed by atoms with van der Waals surface area (Å²) in [6.07, 6.45) is 4.54. The number of ether oxygens (including phenoxy) is 2. The van der Waals surface area contributed by atoms with Crippen LogP contribution in [0.1, 0.15) is 26.7 Å². The number of esters is 2. The average molecular weight is 272 g/mol. The molecule has 0 radical (unpaired) electrons. The third kappa shape index (κ3) is 18.5. The van der Waals surface area contributed by atoms with Crippen LogP contribution in [0, 0.1) is 0 Å². The Balaban J connectivity index is 0. The summed E-state index contributed by atoms with van der Waals surface area (Å²) in [5, 5.41) is 8.14. The summed E-state index contributed by atoms with van der Waals surface area (Å²) in [4.78, 5) is 30.7. The Morgan fingerprint density at radius 3 is 2.11 bits per heavy atom. The molecule has 0 aliphatic heterocycles. The second-order valence-corrected chi connectivity index (χ2v) is 3.15. The smallest absolute Gasteiger partial charge is 0.331 e. The van der Waals surface area contributed by atoms with E-state index in [4.69, 9.17) is 5.11 Å². The fraction of sp³-hybridized carbons (Fsp3) is 0.462. The van der Waals surface area contributed by atoms with Gasteiger partial charge in [0.1, 0.15) is 0 Å². The van der Waals surface area contributed by atoms with Gasteiger partial charge in [0, 0.05) is 18.2 Å². The van der Waals surface area contributed by atoms with E-state index in [0.29, 0.717) is 13.2 Å². The summed E-state index contributed by atoms with van der Waals surface area (Å²) in [7, 11) is 0. The third-order valence-electron chi connectivity index (χ3n) is 1.56. The lowest BCUT2D eigenvalue weighted by Crippen LogP contribution is -2.02. The van der Waals surface area contributed by atoms with Crippen molar-refractivity contribution < 1.29 is 29.0 Å².